The maximum atomic E-state index is 5.76. The molecule has 0 fully saturated rings. The molecule has 0 bridgehead atoms. The summed E-state index contributed by atoms with van der Waals surface area (Å²) < 4.78 is 22.1. The molecular weight excluding hydrogens is 485 g/mol. The Kier molecular flexibility index (Phi) is 9.17. The maximum absolute atomic E-state index is 5.76. The zero-order chi connectivity index (χ0) is 19.8. The summed E-state index contributed by atoms with van der Waals surface area (Å²) in [4.78, 5) is 4.68. The van der Waals surface area contributed by atoms with Crippen LogP contribution in [0.4, 0.5) is 5.69 Å². The number of guanidine groups is 1. The number of ether oxygens (including phenoxy) is 4. The van der Waals surface area contributed by atoms with E-state index in [4.69, 9.17) is 18.9 Å². The average molecular weight is 513 g/mol. The minimum Gasteiger partial charge on any atom is -0.497 e. The predicted molar refractivity (Wildman–Crippen MR) is 125 cm³/mol. The molecule has 0 aliphatic carbocycles. The summed E-state index contributed by atoms with van der Waals surface area (Å²) in [5.41, 5.74) is 1.85. The standard InChI is InChI=1S/C21H27N3O4.HI/c1-4-22-21(23-14-15-6-8-17(25-2)13-19(15)26-3)24-16-7-9-18-20(12-16)28-11-5-10-27-18;/h6-9,12-13H,4-5,10-11,14H2,1-3H3,(H2,22,23,24);1H. The van der Waals surface area contributed by atoms with Crippen molar-refractivity contribution in [3.05, 3.63) is 42.0 Å². The van der Waals surface area contributed by atoms with Crippen molar-refractivity contribution in [1.29, 1.82) is 0 Å². The van der Waals surface area contributed by atoms with Gasteiger partial charge < -0.3 is 29.6 Å². The minimum atomic E-state index is 0. The Morgan fingerprint density at radius 1 is 1.03 bits per heavy atom. The summed E-state index contributed by atoms with van der Waals surface area (Å²) in [6, 6.07) is 11.5. The van der Waals surface area contributed by atoms with E-state index in [1.165, 1.54) is 0 Å². The third kappa shape index (κ3) is 6.31. The molecule has 158 valence electrons. The second-order valence-electron chi connectivity index (χ2n) is 6.21. The molecule has 0 saturated heterocycles. The SMILES string of the molecule is CCNC(=NCc1ccc(OC)cc1OC)Nc1ccc2c(c1)OCCCO2.I. The lowest BCUT2D eigenvalue weighted by atomic mass is 10.2. The van der Waals surface area contributed by atoms with Crippen molar-refractivity contribution >= 4 is 35.6 Å². The number of nitrogens with zero attached hydrogens (tertiary/aromatic N) is 1. The molecule has 1 aliphatic rings. The Balaban J connectivity index is 0.00000300. The zero-order valence-corrected chi connectivity index (χ0v) is 19.3. The van der Waals surface area contributed by atoms with E-state index in [0.29, 0.717) is 25.7 Å². The number of hydrogen-bond donors (Lipinski definition) is 2. The number of fused-ring (bicyclic) bond motifs is 1. The Bertz CT molecular complexity index is 830. The van der Waals surface area contributed by atoms with Crippen molar-refractivity contribution in [3.63, 3.8) is 0 Å². The topological polar surface area (TPSA) is 73.3 Å². The van der Waals surface area contributed by atoms with Crippen LogP contribution in [-0.2, 0) is 6.54 Å². The second-order valence-corrected chi connectivity index (χ2v) is 6.21. The highest BCUT2D eigenvalue weighted by Gasteiger charge is 2.11. The predicted octanol–water partition coefficient (Wildman–Crippen LogP) is 4.06. The van der Waals surface area contributed by atoms with Crippen molar-refractivity contribution in [3.8, 4) is 23.0 Å². The Morgan fingerprint density at radius 3 is 2.55 bits per heavy atom. The van der Waals surface area contributed by atoms with Gasteiger partial charge in [-0.05, 0) is 31.2 Å². The molecule has 0 atom stereocenters. The minimum absolute atomic E-state index is 0. The molecule has 0 radical (unpaired) electrons. The van der Waals surface area contributed by atoms with Gasteiger partial charge in [0.15, 0.2) is 17.5 Å². The van der Waals surface area contributed by atoms with Crippen molar-refractivity contribution in [1.82, 2.24) is 5.32 Å². The first-order valence-corrected chi connectivity index (χ1v) is 9.39. The third-order valence-electron chi connectivity index (χ3n) is 4.26. The van der Waals surface area contributed by atoms with Crippen LogP contribution in [0.2, 0.25) is 0 Å². The fourth-order valence-electron chi connectivity index (χ4n) is 2.83. The molecule has 0 spiro atoms. The van der Waals surface area contributed by atoms with Crippen LogP contribution in [0, 0.1) is 0 Å². The van der Waals surface area contributed by atoms with Gasteiger partial charge in [0.2, 0.25) is 0 Å². The first-order chi connectivity index (χ1) is 13.7. The highest BCUT2D eigenvalue weighted by Crippen LogP contribution is 2.32. The molecule has 1 aliphatic heterocycles. The number of anilines is 1. The van der Waals surface area contributed by atoms with E-state index in [9.17, 15) is 0 Å². The number of hydrogen-bond acceptors (Lipinski definition) is 5. The lowest BCUT2D eigenvalue weighted by molar-refractivity contribution is 0.297. The third-order valence-corrected chi connectivity index (χ3v) is 4.26. The summed E-state index contributed by atoms with van der Waals surface area (Å²) in [7, 11) is 3.28. The molecule has 0 amide bonds. The van der Waals surface area contributed by atoms with Crippen LogP contribution in [0.3, 0.4) is 0 Å². The average Bonchev–Trinajstić information content (AvgIpc) is 2.97. The van der Waals surface area contributed by atoms with Crippen molar-refractivity contribution in [2.45, 2.75) is 19.9 Å². The quantitative estimate of drug-likeness (QED) is 0.345. The molecular formula is C21H28IN3O4. The fourth-order valence-corrected chi connectivity index (χ4v) is 2.83. The van der Waals surface area contributed by atoms with E-state index in [0.717, 1.165) is 47.2 Å². The molecule has 0 unspecified atom stereocenters. The van der Waals surface area contributed by atoms with E-state index in [-0.39, 0.29) is 24.0 Å². The molecule has 2 aromatic carbocycles. The van der Waals surface area contributed by atoms with E-state index in [1.54, 1.807) is 14.2 Å². The molecule has 0 aromatic heterocycles. The number of aliphatic imine (C=N–C) groups is 1. The fraction of sp³-hybridized carbons (Fsp3) is 0.381. The van der Waals surface area contributed by atoms with E-state index >= 15 is 0 Å². The Labute approximate surface area is 188 Å². The summed E-state index contributed by atoms with van der Waals surface area (Å²) in [5.74, 6) is 3.69. The Hall–Kier alpha value is -2.36. The van der Waals surface area contributed by atoms with Gasteiger partial charge in [-0.2, -0.15) is 0 Å². The molecule has 0 saturated carbocycles. The summed E-state index contributed by atoms with van der Waals surface area (Å²) in [5, 5.41) is 6.57. The lowest BCUT2D eigenvalue weighted by Gasteiger charge is -2.14. The van der Waals surface area contributed by atoms with Gasteiger partial charge in [0.25, 0.3) is 0 Å². The highest BCUT2D eigenvalue weighted by molar-refractivity contribution is 14.0. The lowest BCUT2D eigenvalue weighted by Crippen LogP contribution is -2.30. The molecule has 3 rings (SSSR count). The van der Waals surface area contributed by atoms with Gasteiger partial charge in [-0.3, -0.25) is 0 Å². The first-order valence-electron chi connectivity index (χ1n) is 9.39. The van der Waals surface area contributed by atoms with Crippen LogP contribution in [0.5, 0.6) is 23.0 Å². The van der Waals surface area contributed by atoms with Crippen molar-refractivity contribution < 1.29 is 18.9 Å². The summed E-state index contributed by atoms with van der Waals surface area (Å²) in [6.45, 7) is 4.57. The van der Waals surface area contributed by atoms with Gasteiger partial charge >= 0.3 is 0 Å². The van der Waals surface area contributed by atoms with Crippen molar-refractivity contribution in [2.24, 2.45) is 4.99 Å². The molecule has 8 heteroatoms. The van der Waals surface area contributed by atoms with Gasteiger partial charge in [-0.15, -0.1) is 24.0 Å². The summed E-state index contributed by atoms with van der Waals surface area (Å²) in [6.07, 6.45) is 0.880. The molecule has 2 aromatic rings. The van der Waals surface area contributed by atoms with Gasteiger partial charge in [-0.1, -0.05) is 0 Å². The van der Waals surface area contributed by atoms with Gasteiger partial charge in [0.1, 0.15) is 11.5 Å². The van der Waals surface area contributed by atoms with Crippen LogP contribution < -0.4 is 29.6 Å². The largest absolute Gasteiger partial charge is 0.497 e. The van der Waals surface area contributed by atoms with E-state index in [2.05, 4.69) is 15.6 Å². The van der Waals surface area contributed by atoms with Crippen LogP contribution in [0.1, 0.15) is 18.9 Å². The molecule has 7 nitrogen and oxygen atoms in total. The van der Waals surface area contributed by atoms with Crippen LogP contribution in [0.15, 0.2) is 41.4 Å². The van der Waals surface area contributed by atoms with Crippen LogP contribution >= 0.6 is 24.0 Å². The number of benzene rings is 2. The van der Waals surface area contributed by atoms with Crippen LogP contribution in [-0.4, -0.2) is 39.9 Å². The second kappa shape index (κ2) is 11.6. The normalized spacial score (nSPS) is 13.0. The number of nitrogens with one attached hydrogen (secondary N) is 2. The van der Waals surface area contributed by atoms with Crippen LogP contribution in [0.25, 0.3) is 0 Å². The number of methoxy groups -OCH3 is 2. The maximum Gasteiger partial charge on any atom is 0.196 e. The zero-order valence-electron chi connectivity index (χ0n) is 17.0. The summed E-state index contributed by atoms with van der Waals surface area (Å²) >= 11 is 0. The molecule has 2 N–H and O–H groups in total. The van der Waals surface area contributed by atoms with E-state index in [1.807, 2.05) is 43.3 Å². The van der Waals surface area contributed by atoms with Gasteiger partial charge in [0.05, 0.1) is 34.0 Å². The molecule has 29 heavy (non-hydrogen) atoms. The highest BCUT2D eigenvalue weighted by atomic mass is 127. The first kappa shape index (κ1) is 22.9. The van der Waals surface area contributed by atoms with E-state index < -0.39 is 0 Å². The smallest absolute Gasteiger partial charge is 0.196 e. The number of rotatable bonds is 6. The monoisotopic (exact) mass is 513 g/mol. The van der Waals surface area contributed by atoms with Gasteiger partial charge in [-0.25, -0.2) is 4.99 Å². The molecule has 1 heterocycles. The Morgan fingerprint density at radius 2 is 1.83 bits per heavy atom. The van der Waals surface area contributed by atoms with Gasteiger partial charge in [0, 0.05) is 36.3 Å². The number of halogens is 1. The van der Waals surface area contributed by atoms with Crippen molar-refractivity contribution in [2.75, 3.05) is 39.3 Å².